The summed E-state index contributed by atoms with van der Waals surface area (Å²) in [6, 6.07) is 21.3. The van der Waals surface area contributed by atoms with Gasteiger partial charge in [-0.05, 0) is 19.1 Å². The van der Waals surface area contributed by atoms with Crippen LogP contribution in [0, 0.1) is 18.6 Å². The standard InChI is InChI=1S/C22H20F2N2O/c1-15-10-12-17(13-11-15)21(16-6-3-2-4-7-16)25-14-20(27)26-22-18(23)8-5-9-19(22)24/h2-13,21,25H,14H2,1H3,(H,26,27)/p+1/t21-/m0/s1. The molecule has 0 bridgehead atoms. The van der Waals surface area contributed by atoms with Crippen LogP contribution in [0.4, 0.5) is 14.5 Å². The average molecular weight is 367 g/mol. The molecule has 1 atom stereocenters. The van der Waals surface area contributed by atoms with Crippen LogP contribution in [-0.4, -0.2) is 12.5 Å². The van der Waals surface area contributed by atoms with Crippen LogP contribution in [0.3, 0.4) is 0 Å². The first-order valence-electron chi connectivity index (χ1n) is 8.73. The molecule has 0 saturated heterocycles. The van der Waals surface area contributed by atoms with Gasteiger partial charge in [-0.2, -0.15) is 0 Å². The maximum absolute atomic E-state index is 13.7. The first-order chi connectivity index (χ1) is 13.0. The fraction of sp³-hybridized carbons (Fsp3) is 0.136. The van der Waals surface area contributed by atoms with Gasteiger partial charge in [0.25, 0.3) is 5.91 Å². The largest absolute Gasteiger partial charge is 0.328 e. The molecule has 3 nitrogen and oxygen atoms in total. The van der Waals surface area contributed by atoms with Crippen LogP contribution in [0.2, 0.25) is 0 Å². The van der Waals surface area contributed by atoms with Gasteiger partial charge in [-0.25, -0.2) is 8.78 Å². The molecule has 138 valence electrons. The van der Waals surface area contributed by atoms with E-state index in [1.807, 2.05) is 66.8 Å². The lowest BCUT2D eigenvalue weighted by molar-refractivity contribution is -0.676. The van der Waals surface area contributed by atoms with Crippen molar-refractivity contribution >= 4 is 11.6 Å². The Morgan fingerprint density at radius 1 is 0.889 bits per heavy atom. The third-order valence-electron chi connectivity index (χ3n) is 4.36. The van der Waals surface area contributed by atoms with Crippen molar-refractivity contribution in [3.8, 4) is 0 Å². The van der Waals surface area contributed by atoms with Gasteiger partial charge in [0, 0.05) is 11.1 Å². The van der Waals surface area contributed by atoms with Crippen molar-refractivity contribution in [3.05, 3.63) is 101 Å². The fourth-order valence-electron chi connectivity index (χ4n) is 2.93. The highest BCUT2D eigenvalue weighted by Crippen LogP contribution is 2.19. The second-order valence-corrected chi connectivity index (χ2v) is 6.38. The van der Waals surface area contributed by atoms with E-state index in [-0.39, 0.29) is 12.6 Å². The number of nitrogens with one attached hydrogen (secondary N) is 1. The molecule has 1 amide bonds. The quantitative estimate of drug-likeness (QED) is 0.687. The van der Waals surface area contributed by atoms with Gasteiger partial charge < -0.3 is 10.6 Å². The summed E-state index contributed by atoms with van der Waals surface area (Å²) in [5.41, 5.74) is 2.84. The molecule has 0 fully saturated rings. The van der Waals surface area contributed by atoms with Crippen molar-refractivity contribution in [1.82, 2.24) is 0 Å². The number of hydrogen-bond donors (Lipinski definition) is 2. The highest BCUT2D eigenvalue weighted by molar-refractivity contribution is 5.91. The van der Waals surface area contributed by atoms with Crippen molar-refractivity contribution in [2.24, 2.45) is 0 Å². The highest BCUT2D eigenvalue weighted by Gasteiger charge is 2.20. The summed E-state index contributed by atoms with van der Waals surface area (Å²) in [6.07, 6.45) is 0. The van der Waals surface area contributed by atoms with Gasteiger partial charge in [-0.15, -0.1) is 0 Å². The van der Waals surface area contributed by atoms with Crippen LogP contribution in [0.1, 0.15) is 22.7 Å². The molecule has 0 aliphatic carbocycles. The van der Waals surface area contributed by atoms with Crippen LogP contribution in [0.5, 0.6) is 0 Å². The second kappa shape index (κ2) is 8.56. The summed E-state index contributed by atoms with van der Waals surface area (Å²) in [7, 11) is 0. The zero-order chi connectivity index (χ0) is 19.2. The number of quaternary nitrogens is 1. The zero-order valence-electron chi connectivity index (χ0n) is 15.0. The lowest BCUT2D eigenvalue weighted by atomic mass is 9.98. The molecule has 0 aliphatic heterocycles. The van der Waals surface area contributed by atoms with Gasteiger partial charge in [0.05, 0.1) is 0 Å². The number of benzene rings is 3. The Kier molecular flexibility index (Phi) is 5.94. The molecule has 0 unspecified atom stereocenters. The van der Waals surface area contributed by atoms with Crippen LogP contribution in [-0.2, 0) is 4.79 Å². The molecule has 3 rings (SSSR count). The maximum Gasteiger partial charge on any atom is 0.279 e. The van der Waals surface area contributed by atoms with E-state index in [4.69, 9.17) is 0 Å². The molecule has 3 aromatic carbocycles. The second-order valence-electron chi connectivity index (χ2n) is 6.38. The smallest absolute Gasteiger partial charge is 0.279 e. The molecule has 3 N–H and O–H groups in total. The maximum atomic E-state index is 13.7. The third kappa shape index (κ3) is 4.77. The van der Waals surface area contributed by atoms with Crippen molar-refractivity contribution in [1.29, 1.82) is 0 Å². The molecule has 0 heterocycles. The van der Waals surface area contributed by atoms with Gasteiger partial charge in [-0.3, -0.25) is 4.79 Å². The van der Waals surface area contributed by atoms with E-state index in [2.05, 4.69) is 5.32 Å². The van der Waals surface area contributed by atoms with Crippen LogP contribution >= 0.6 is 0 Å². The SMILES string of the molecule is Cc1ccc([C@@H]([NH2+]CC(=O)Nc2c(F)cccc2F)c2ccccc2)cc1. The Morgan fingerprint density at radius 3 is 2.11 bits per heavy atom. The van der Waals surface area contributed by atoms with Crippen molar-refractivity contribution < 1.29 is 18.9 Å². The van der Waals surface area contributed by atoms with Crippen molar-refractivity contribution in [3.63, 3.8) is 0 Å². The molecule has 0 saturated carbocycles. The number of amides is 1. The molecular weight excluding hydrogens is 346 g/mol. The first-order valence-corrected chi connectivity index (χ1v) is 8.73. The van der Waals surface area contributed by atoms with E-state index >= 15 is 0 Å². The lowest BCUT2D eigenvalue weighted by Gasteiger charge is -2.17. The van der Waals surface area contributed by atoms with E-state index in [1.54, 1.807) is 0 Å². The van der Waals surface area contributed by atoms with E-state index in [9.17, 15) is 13.6 Å². The Balaban J connectivity index is 1.75. The topological polar surface area (TPSA) is 45.7 Å². The monoisotopic (exact) mass is 367 g/mol. The minimum atomic E-state index is -0.790. The average Bonchev–Trinajstić information content (AvgIpc) is 2.67. The number of hydrogen-bond acceptors (Lipinski definition) is 1. The highest BCUT2D eigenvalue weighted by atomic mass is 19.1. The van der Waals surface area contributed by atoms with E-state index < -0.39 is 23.2 Å². The minimum Gasteiger partial charge on any atom is -0.328 e. The number of rotatable bonds is 6. The summed E-state index contributed by atoms with van der Waals surface area (Å²) in [4.78, 5) is 12.3. The molecule has 0 radical (unpaired) electrons. The summed E-state index contributed by atoms with van der Waals surface area (Å²) in [5, 5.41) is 4.18. The molecule has 0 aromatic heterocycles. The van der Waals surface area contributed by atoms with Gasteiger partial charge >= 0.3 is 0 Å². The minimum absolute atomic E-state index is 0.0290. The van der Waals surface area contributed by atoms with Gasteiger partial charge in [0.2, 0.25) is 0 Å². The lowest BCUT2D eigenvalue weighted by Crippen LogP contribution is -2.87. The van der Waals surface area contributed by atoms with Crippen molar-refractivity contribution in [2.45, 2.75) is 13.0 Å². The van der Waals surface area contributed by atoms with E-state index in [0.29, 0.717) is 0 Å². The number of halogens is 2. The fourth-order valence-corrected chi connectivity index (χ4v) is 2.93. The number of aryl methyl sites for hydroxylation is 1. The molecule has 0 spiro atoms. The van der Waals surface area contributed by atoms with Crippen LogP contribution in [0.25, 0.3) is 0 Å². The van der Waals surface area contributed by atoms with E-state index in [1.165, 1.54) is 6.07 Å². The summed E-state index contributed by atoms with van der Waals surface area (Å²) < 4.78 is 27.4. The molecule has 27 heavy (non-hydrogen) atoms. The first kappa shape index (κ1) is 18.7. The number of carbonyl (C=O) groups excluding carboxylic acids is 1. The number of para-hydroxylation sites is 1. The summed E-state index contributed by atoms with van der Waals surface area (Å²) in [6.45, 7) is 2.04. The predicted octanol–water partition coefficient (Wildman–Crippen LogP) is 3.56. The van der Waals surface area contributed by atoms with Gasteiger partial charge in [0.15, 0.2) is 6.54 Å². The summed E-state index contributed by atoms with van der Waals surface area (Å²) >= 11 is 0. The van der Waals surface area contributed by atoms with Gasteiger partial charge in [0.1, 0.15) is 23.4 Å². The molecule has 5 heteroatoms. The van der Waals surface area contributed by atoms with E-state index in [0.717, 1.165) is 28.8 Å². The Hall–Kier alpha value is -3.05. The van der Waals surface area contributed by atoms with Gasteiger partial charge in [-0.1, -0.05) is 66.2 Å². The molecular formula is C22H21F2N2O+. The Bertz CT molecular complexity index is 891. The van der Waals surface area contributed by atoms with Crippen molar-refractivity contribution in [2.75, 3.05) is 11.9 Å². The van der Waals surface area contributed by atoms with Crippen LogP contribution in [0.15, 0.2) is 72.8 Å². The Labute approximate surface area is 157 Å². The Morgan fingerprint density at radius 2 is 1.48 bits per heavy atom. The number of anilines is 1. The van der Waals surface area contributed by atoms with Crippen LogP contribution < -0.4 is 10.6 Å². The summed E-state index contributed by atoms with van der Waals surface area (Å²) in [5.74, 6) is -2.05. The zero-order valence-corrected chi connectivity index (χ0v) is 15.0. The normalized spacial score (nSPS) is 11.8. The number of nitrogens with two attached hydrogens (primary N) is 1. The number of carbonyl (C=O) groups is 1. The predicted molar refractivity (Wildman–Crippen MR) is 101 cm³/mol. The third-order valence-corrected chi connectivity index (χ3v) is 4.36. The molecule has 3 aromatic rings. The molecule has 0 aliphatic rings.